The quantitative estimate of drug-likeness (QED) is 0.788. The number of cyclic esters (lactones) is 1. The number of aromatic hydroxyl groups is 1. The molecule has 2 rings (SSSR count). The van der Waals surface area contributed by atoms with Crippen LogP contribution in [0, 0.1) is 5.41 Å². The summed E-state index contributed by atoms with van der Waals surface area (Å²) in [5, 5.41) is 9.43. The maximum Gasteiger partial charge on any atom is 0.312 e. The minimum Gasteiger partial charge on any atom is -0.508 e. The molecule has 1 saturated heterocycles. The molecule has 5 nitrogen and oxygen atoms in total. The number of carbonyl (C=O) groups is 2. The van der Waals surface area contributed by atoms with Crippen LogP contribution in [0.3, 0.4) is 0 Å². The Kier molecular flexibility index (Phi) is 5.76. The molecule has 0 spiro atoms. The van der Waals surface area contributed by atoms with Crippen LogP contribution < -0.4 is 0 Å². The fourth-order valence-corrected chi connectivity index (χ4v) is 3.23. The van der Waals surface area contributed by atoms with Crippen molar-refractivity contribution in [3.63, 3.8) is 0 Å². The van der Waals surface area contributed by atoms with Crippen molar-refractivity contribution in [2.45, 2.75) is 64.9 Å². The third-order valence-corrected chi connectivity index (χ3v) is 5.24. The monoisotopic (exact) mass is 348 g/mol. The number of phenols is 1. The average Bonchev–Trinajstić information content (AvgIpc) is 2.54. The highest BCUT2D eigenvalue weighted by Gasteiger charge is 2.42. The molecule has 1 aliphatic rings. The second-order valence-electron chi connectivity index (χ2n) is 7.60. The lowest BCUT2D eigenvalue weighted by Gasteiger charge is -2.37. The van der Waals surface area contributed by atoms with Crippen molar-refractivity contribution < 1.29 is 24.2 Å². The smallest absolute Gasteiger partial charge is 0.312 e. The normalized spacial score (nSPS) is 24.1. The van der Waals surface area contributed by atoms with Crippen molar-refractivity contribution >= 4 is 11.9 Å². The van der Waals surface area contributed by atoms with Gasteiger partial charge in [0, 0.05) is 6.42 Å². The lowest BCUT2D eigenvalue weighted by Crippen LogP contribution is -2.44. The second-order valence-corrected chi connectivity index (χ2v) is 7.60. The summed E-state index contributed by atoms with van der Waals surface area (Å²) in [4.78, 5) is 24.4. The van der Waals surface area contributed by atoms with Gasteiger partial charge in [-0.05, 0) is 50.3 Å². The zero-order valence-corrected chi connectivity index (χ0v) is 15.5. The van der Waals surface area contributed by atoms with Crippen molar-refractivity contribution in [2.75, 3.05) is 6.61 Å². The van der Waals surface area contributed by atoms with Crippen LogP contribution >= 0.6 is 0 Å². The number of phenolic OH excluding ortho intramolecular Hbond substituents is 1. The Bertz CT molecular complexity index is 623. The van der Waals surface area contributed by atoms with Crippen molar-refractivity contribution in [3.05, 3.63) is 29.8 Å². The predicted octanol–water partition coefficient (Wildman–Crippen LogP) is 3.94. The van der Waals surface area contributed by atoms with Gasteiger partial charge in [0.2, 0.25) is 0 Å². The largest absolute Gasteiger partial charge is 0.508 e. The molecule has 0 amide bonds. The van der Waals surface area contributed by atoms with Gasteiger partial charge in [0.1, 0.15) is 11.4 Å². The van der Waals surface area contributed by atoms with Crippen LogP contribution in [0.2, 0.25) is 0 Å². The first kappa shape index (κ1) is 19.3. The minimum atomic E-state index is -0.787. The van der Waals surface area contributed by atoms with Gasteiger partial charge in [0.25, 0.3) is 0 Å². The number of ether oxygens (including phenoxy) is 2. The van der Waals surface area contributed by atoms with Gasteiger partial charge in [-0.1, -0.05) is 26.0 Å². The Hall–Kier alpha value is -2.04. The van der Waals surface area contributed by atoms with Gasteiger partial charge >= 0.3 is 11.9 Å². The topological polar surface area (TPSA) is 72.8 Å². The Balaban J connectivity index is 2.08. The first-order valence-electron chi connectivity index (χ1n) is 8.85. The summed E-state index contributed by atoms with van der Waals surface area (Å²) in [5.74, 6) is -0.219. The molecule has 25 heavy (non-hydrogen) atoms. The molecule has 3 unspecified atom stereocenters. The van der Waals surface area contributed by atoms with Crippen molar-refractivity contribution in [1.29, 1.82) is 0 Å². The van der Waals surface area contributed by atoms with E-state index < -0.39 is 11.0 Å². The van der Waals surface area contributed by atoms with Crippen molar-refractivity contribution in [2.24, 2.45) is 5.41 Å². The number of benzene rings is 1. The van der Waals surface area contributed by atoms with Crippen LogP contribution in [0.5, 0.6) is 5.75 Å². The van der Waals surface area contributed by atoms with E-state index in [1.807, 2.05) is 26.0 Å². The number of rotatable bonds is 6. The van der Waals surface area contributed by atoms with Gasteiger partial charge in [-0.25, -0.2) is 0 Å². The molecule has 0 radical (unpaired) electrons. The van der Waals surface area contributed by atoms with Crippen LogP contribution in [-0.4, -0.2) is 29.3 Å². The third-order valence-electron chi connectivity index (χ3n) is 5.24. The molecule has 1 N–H and O–H groups in total. The Morgan fingerprint density at radius 3 is 2.60 bits per heavy atom. The summed E-state index contributed by atoms with van der Waals surface area (Å²) in [5.41, 5.74) is -0.357. The van der Waals surface area contributed by atoms with Crippen LogP contribution in [-0.2, 0) is 19.1 Å². The molecule has 1 aromatic rings. The molecule has 0 aliphatic carbocycles. The molecule has 1 aliphatic heterocycles. The number of hydrogen-bond acceptors (Lipinski definition) is 5. The van der Waals surface area contributed by atoms with E-state index in [0.717, 1.165) is 5.56 Å². The maximum absolute atomic E-state index is 12.9. The van der Waals surface area contributed by atoms with E-state index in [4.69, 9.17) is 9.47 Å². The highest BCUT2D eigenvalue weighted by Crippen LogP contribution is 2.38. The molecule has 0 aromatic heterocycles. The fraction of sp³-hybridized carbons (Fsp3) is 0.600. The summed E-state index contributed by atoms with van der Waals surface area (Å²) < 4.78 is 10.7. The van der Waals surface area contributed by atoms with Gasteiger partial charge < -0.3 is 14.6 Å². The van der Waals surface area contributed by atoms with E-state index in [1.54, 1.807) is 19.1 Å². The first-order valence-corrected chi connectivity index (χ1v) is 8.85. The third kappa shape index (κ3) is 4.74. The summed E-state index contributed by atoms with van der Waals surface area (Å²) in [6.07, 6.45) is 1.91. The molecule has 5 heteroatoms. The molecule has 0 bridgehead atoms. The van der Waals surface area contributed by atoms with Crippen LogP contribution in [0.25, 0.3) is 0 Å². The Morgan fingerprint density at radius 1 is 1.40 bits per heavy atom. The molecule has 1 heterocycles. The average molecular weight is 348 g/mol. The predicted molar refractivity (Wildman–Crippen MR) is 94.2 cm³/mol. The molecule has 1 aromatic carbocycles. The maximum atomic E-state index is 12.9. The van der Waals surface area contributed by atoms with Crippen molar-refractivity contribution in [3.8, 4) is 5.75 Å². The lowest BCUT2D eigenvalue weighted by molar-refractivity contribution is -0.183. The fourth-order valence-electron chi connectivity index (χ4n) is 3.23. The van der Waals surface area contributed by atoms with E-state index in [9.17, 15) is 14.7 Å². The molecule has 3 atom stereocenters. The number of carbonyl (C=O) groups excluding carboxylic acids is 2. The first-order chi connectivity index (χ1) is 11.7. The summed E-state index contributed by atoms with van der Waals surface area (Å²) in [7, 11) is 0. The van der Waals surface area contributed by atoms with Gasteiger partial charge in [-0.3, -0.25) is 9.59 Å². The highest BCUT2D eigenvalue weighted by molar-refractivity contribution is 5.78. The standard InChI is InChI=1S/C20H28O5/c1-5-19(3,12-14(2)15-6-8-16(21)9-7-15)18(23)25-20(4)10-11-24-17(22)13-20/h6-9,14,21H,5,10-13H2,1-4H3. The Morgan fingerprint density at radius 2 is 2.04 bits per heavy atom. The van der Waals surface area contributed by atoms with Crippen LogP contribution in [0.4, 0.5) is 0 Å². The van der Waals surface area contributed by atoms with Gasteiger partial charge in [-0.2, -0.15) is 0 Å². The van der Waals surface area contributed by atoms with E-state index in [1.165, 1.54) is 0 Å². The summed E-state index contributed by atoms with van der Waals surface area (Å²) in [6, 6.07) is 7.06. The summed E-state index contributed by atoms with van der Waals surface area (Å²) in [6.45, 7) is 8.03. The number of esters is 2. The van der Waals surface area contributed by atoms with Gasteiger partial charge in [0.05, 0.1) is 18.4 Å². The lowest BCUT2D eigenvalue weighted by atomic mass is 9.77. The Labute approximate surface area is 149 Å². The zero-order valence-electron chi connectivity index (χ0n) is 15.5. The second kappa shape index (κ2) is 7.46. The van der Waals surface area contributed by atoms with Crippen LogP contribution in [0.1, 0.15) is 64.9 Å². The zero-order chi connectivity index (χ0) is 18.7. The SMILES string of the molecule is CCC(C)(CC(C)c1ccc(O)cc1)C(=O)OC1(C)CCOC(=O)C1. The highest BCUT2D eigenvalue weighted by atomic mass is 16.6. The molecular weight excluding hydrogens is 320 g/mol. The summed E-state index contributed by atoms with van der Waals surface area (Å²) >= 11 is 0. The van der Waals surface area contributed by atoms with E-state index in [-0.39, 0.29) is 36.6 Å². The van der Waals surface area contributed by atoms with Gasteiger partial charge in [-0.15, -0.1) is 0 Å². The molecule has 0 saturated carbocycles. The molecule has 1 fully saturated rings. The minimum absolute atomic E-state index is 0.103. The van der Waals surface area contributed by atoms with Crippen molar-refractivity contribution in [1.82, 2.24) is 0 Å². The van der Waals surface area contributed by atoms with E-state index in [0.29, 0.717) is 19.3 Å². The van der Waals surface area contributed by atoms with Gasteiger partial charge in [0.15, 0.2) is 0 Å². The van der Waals surface area contributed by atoms with E-state index in [2.05, 4.69) is 6.92 Å². The number of hydrogen-bond donors (Lipinski definition) is 1. The molecular formula is C20H28O5. The van der Waals surface area contributed by atoms with E-state index >= 15 is 0 Å². The molecule has 138 valence electrons. The van der Waals surface area contributed by atoms with Crippen LogP contribution in [0.15, 0.2) is 24.3 Å².